The molecule has 0 atom stereocenters. The first-order chi connectivity index (χ1) is 10.4. The van der Waals surface area contributed by atoms with Crippen molar-refractivity contribution in [1.82, 2.24) is 19.7 Å². The molecular formula is C15H23N5O2. The van der Waals surface area contributed by atoms with E-state index in [0.29, 0.717) is 19.8 Å². The summed E-state index contributed by atoms with van der Waals surface area (Å²) in [6.07, 6.45) is 4.14. The molecule has 0 unspecified atom stereocenters. The first-order valence-electron chi connectivity index (χ1n) is 7.60. The Labute approximate surface area is 130 Å². The van der Waals surface area contributed by atoms with Crippen molar-refractivity contribution in [3.63, 3.8) is 0 Å². The summed E-state index contributed by atoms with van der Waals surface area (Å²) >= 11 is 0. The topological polar surface area (TPSA) is 74.1 Å². The highest BCUT2D eigenvalue weighted by atomic mass is 16.7. The Balaban J connectivity index is 1.75. The molecule has 1 aliphatic rings. The van der Waals surface area contributed by atoms with Crippen LogP contribution in [-0.4, -0.2) is 45.3 Å². The molecule has 1 saturated heterocycles. The highest BCUT2D eigenvalue weighted by Gasteiger charge is 2.30. The van der Waals surface area contributed by atoms with Crippen LogP contribution < -0.4 is 5.32 Å². The van der Waals surface area contributed by atoms with Crippen LogP contribution in [0.25, 0.3) is 11.0 Å². The second-order valence-electron chi connectivity index (χ2n) is 6.69. The largest absolute Gasteiger partial charge is 0.369 e. The first kappa shape index (κ1) is 15.2. The minimum Gasteiger partial charge on any atom is -0.369 e. The number of nitrogens with one attached hydrogen (secondary N) is 1. The molecule has 2 aromatic rings. The molecule has 0 saturated carbocycles. The van der Waals surface area contributed by atoms with E-state index in [1.165, 1.54) is 0 Å². The minimum absolute atomic E-state index is 0.119. The molecule has 7 heteroatoms. The van der Waals surface area contributed by atoms with Crippen molar-refractivity contribution < 1.29 is 9.47 Å². The van der Waals surface area contributed by atoms with Gasteiger partial charge in [0.05, 0.1) is 30.3 Å². The molecule has 3 rings (SSSR count). The average molecular weight is 305 g/mol. The van der Waals surface area contributed by atoms with Crippen LogP contribution in [0.4, 0.5) is 5.82 Å². The van der Waals surface area contributed by atoms with Gasteiger partial charge >= 0.3 is 0 Å². The zero-order chi connectivity index (χ0) is 15.8. The van der Waals surface area contributed by atoms with Gasteiger partial charge in [0, 0.05) is 13.0 Å². The van der Waals surface area contributed by atoms with Gasteiger partial charge in [0.15, 0.2) is 11.4 Å². The quantitative estimate of drug-likeness (QED) is 0.933. The van der Waals surface area contributed by atoms with Crippen molar-refractivity contribution in [2.45, 2.75) is 45.4 Å². The molecule has 120 valence electrons. The fraction of sp³-hybridized carbons (Fsp3) is 0.667. The zero-order valence-corrected chi connectivity index (χ0v) is 13.6. The molecule has 1 aliphatic heterocycles. The highest BCUT2D eigenvalue weighted by molar-refractivity contribution is 5.86. The summed E-state index contributed by atoms with van der Waals surface area (Å²) in [7, 11) is 0. The zero-order valence-electron chi connectivity index (χ0n) is 13.6. The number of anilines is 1. The summed E-state index contributed by atoms with van der Waals surface area (Å²) in [5.74, 6) is 0.302. The molecule has 2 aromatic heterocycles. The summed E-state index contributed by atoms with van der Waals surface area (Å²) in [5.41, 5.74) is 0.719. The molecule has 1 N–H and O–H groups in total. The lowest BCUT2D eigenvalue weighted by Gasteiger charge is -2.22. The van der Waals surface area contributed by atoms with Crippen LogP contribution in [0, 0.1) is 0 Å². The van der Waals surface area contributed by atoms with Gasteiger partial charge in [-0.05, 0) is 27.7 Å². The van der Waals surface area contributed by atoms with Crippen molar-refractivity contribution >= 4 is 16.9 Å². The van der Waals surface area contributed by atoms with E-state index in [2.05, 4.69) is 41.2 Å². The maximum absolute atomic E-state index is 5.60. The van der Waals surface area contributed by atoms with Gasteiger partial charge in [-0.15, -0.1) is 0 Å². The number of aromatic nitrogens is 4. The van der Waals surface area contributed by atoms with E-state index in [4.69, 9.17) is 9.47 Å². The SMILES string of the molecule is CC1(CCNc2ncnc3c2cnn3C(C)(C)C)OCCO1. The van der Waals surface area contributed by atoms with Crippen LogP contribution in [0.2, 0.25) is 0 Å². The average Bonchev–Trinajstić information content (AvgIpc) is 3.05. The minimum atomic E-state index is -0.491. The summed E-state index contributed by atoms with van der Waals surface area (Å²) in [6.45, 7) is 10.3. The number of rotatable bonds is 4. The van der Waals surface area contributed by atoms with Gasteiger partial charge in [-0.25, -0.2) is 14.6 Å². The Morgan fingerprint density at radius 1 is 1.27 bits per heavy atom. The van der Waals surface area contributed by atoms with Crippen molar-refractivity contribution in [3.8, 4) is 0 Å². The third kappa shape index (κ3) is 2.91. The molecular weight excluding hydrogens is 282 g/mol. The molecule has 22 heavy (non-hydrogen) atoms. The third-order valence-corrected chi connectivity index (χ3v) is 3.77. The van der Waals surface area contributed by atoms with Crippen LogP contribution in [0.15, 0.2) is 12.5 Å². The smallest absolute Gasteiger partial charge is 0.167 e. The second kappa shape index (κ2) is 5.48. The maximum Gasteiger partial charge on any atom is 0.167 e. The third-order valence-electron chi connectivity index (χ3n) is 3.77. The molecule has 0 amide bonds. The van der Waals surface area contributed by atoms with Crippen LogP contribution in [0.3, 0.4) is 0 Å². The molecule has 0 spiro atoms. The lowest BCUT2D eigenvalue weighted by atomic mass is 10.1. The lowest BCUT2D eigenvalue weighted by Crippen LogP contribution is -2.28. The monoisotopic (exact) mass is 305 g/mol. The summed E-state index contributed by atoms with van der Waals surface area (Å²) in [6, 6.07) is 0. The summed E-state index contributed by atoms with van der Waals surface area (Å²) in [5, 5.41) is 8.72. The Morgan fingerprint density at radius 3 is 2.68 bits per heavy atom. The first-order valence-corrected chi connectivity index (χ1v) is 7.60. The predicted molar refractivity (Wildman–Crippen MR) is 83.7 cm³/mol. The van der Waals surface area contributed by atoms with Gasteiger partial charge in [0.25, 0.3) is 0 Å². The van der Waals surface area contributed by atoms with Gasteiger partial charge in [0.2, 0.25) is 0 Å². The van der Waals surface area contributed by atoms with Crippen molar-refractivity contribution in [2.75, 3.05) is 25.1 Å². The fourth-order valence-electron chi connectivity index (χ4n) is 2.58. The van der Waals surface area contributed by atoms with Gasteiger partial charge in [-0.2, -0.15) is 5.10 Å². The van der Waals surface area contributed by atoms with Gasteiger partial charge < -0.3 is 14.8 Å². The summed E-state index contributed by atoms with van der Waals surface area (Å²) < 4.78 is 13.1. The van der Waals surface area contributed by atoms with Crippen LogP contribution in [-0.2, 0) is 15.0 Å². The van der Waals surface area contributed by atoms with E-state index in [9.17, 15) is 0 Å². The Morgan fingerprint density at radius 2 is 2.00 bits per heavy atom. The van der Waals surface area contributed by atoms with Crippen molar-refractivity contribution in [2.24, 2.45) is 0 Å². The number of hydrogen-bond acceptors (Lipinski definition) is 6. The van der Waals surface area contributed by atoms with Crippen molar-refractivity contribution in [1.29, 1.82) is 0 Å². The molecule has 0 aromatic carbocycles. The van der Waals surface area contributed by atoms with E-state index in [-0.39, 0.29) is 5.54 Å². The van der Waals surface area contributed by atoms with E-state index in [1.807, 2.05) is 17.8 Å². The van der Waals surface area contributed by atoms with E-state index in [1.54, 1.807) is 6.33 Å². The normalized spacial score (nSPS) is 18.0. The Bertz CT molecular complexity index is 655. The van der Waals surface area contributed by atoms with Crippen LogP contribution in [0.5, 0.6) is 0 Å². The number of fused-ring (bicyclic) bond motifs is 1. The molecule has 0 radical (unpaired) electrons. The second-order valence-corrected chi connectivity index (χ2v) is 6.69. The maximum atomic E-state index is 5.60. The Hall–Kier alpha value is -1.73. The number of nitrogens with zero attached hydrogens (tertiary/aromatic N) is 4. The van der Waals surface area contributed by atoms with E-state index >= 15 is 0 Å². The molecule has 1 fully saturated rings. The van der Waals surface area contributed by atoms with Gasteiger partial charge in [0.1, 0.15) is 12.1 Å². The number of hydrogen-bond donors (Lipinski definition) is 1. The highest BCUT2D eigenvalue weighted by Crippen LogP contribution is 2.25. The van der Waals surface area contributed by atoms with Crippen molar-refractivity contribution in [3.05, 3.63) is 12.5 Å². The molecule has 0 aliphatic carbocycles. The van der Waals surface area contributed by atoms with Gasteiger partial charge in [-0.3, -0.25) is 0 Å². The van der Waals surface area contributed by atoms with Crippen LogP contribution in [0.1, 0.15) is 34.1 Å². The van der Waals surface area contributed by atoms with E-state index < -0.39 is 5.79 Å². The number of ether oxygens (including phenoxy) is 2. The standard InChI is InChI=1S/C15H23N5O2/c1-14(2,3)20-13-11(9-19-20)12(17-10-18-13)16-6-5-15(4)21-7-8-22-15/h9-10H,5-8H2,1-4H3,(H,16,17,18). The lowest BCUT2D eigenvalue weighted by molar-refractivity contribution is -0.144. The molecule has 3 heterocycles. The van der Waals surface area contributed by atoms with Gasteiger partial charge in [-0.1, -0.05) is 0 Å². The predicted octanol–water partition coefficient (Wildman–Crippen LogP) is 2.15. The molecule has 7 nitrogen and oxygen atoms in total. The summed E-state index contributed by atoms with van der Waals surface area (Å²) in [4.78, 5) is 8.70. The van der Waals surface area contributed by atoms with Crippen LogP contribution >= 0.6 is 0 Å². The fourth-order valence-corrected chi connectivity index (χ4v) is 2.58. The molecule has 0 bridgehead atoms. The Kier molecular flexibility index (Phi) is 3.78. The van der Waals surface area contributed by atoms with E-state index in [0.717, 1.165) is 23.3 Å².